The van der Waals surface area contributed by atoms with Crippen LogP contribution in [-0.2, 0) is 11.2 Å². The maximum absolute atomic E-state index is 12.0. The zero-order valence-electron chi connectivity index (χ0n) is 11.4. The van der Waals surface area contributed by atoms with Crippen LogP contribution in [0.25, 0.3) is 0 Å². The standard InChI is InChI=1S/C14H21N3O2/c1-3-16-13(18)10(2)17-14(19)12-6-4-5-11(9-12)7-8-15/h4-6,9-10H,3,7-8,15H2,1-2H3,(H,16,18)(H,17,19). The van der Waals surface area contributed by atoms with Crippen molar-refractivity contribution in [3.63, 3.8) is 0 Å². The molecule has 4 N–H and O–H groups in total. The SMILES string of the molecule is CCNC(=O)C(C)NC(=O)c1cccc(CCN)c1. The fraction of sp³-hybridized carbons (Fsp3) is 0.429. The van der Waals surface area contributed by atoms with E-state index < -0.39 is 6.04 Å². The van der Waals surface area contributed by atoms with E-state index in [4.69, 9.17) is 5.73 Å². The van der Waals surface area contributed by atoms with Gasteiger partial charge in [0, 0.05) is 12.1 Å². The van der Waals surface area contributed by atoms with Gasteiger partial charge in [0.1, 0.15) is 6.04 Å². The Morgan fingerprint density at radius 3 is 2.74 bits per heavy atom. The molecule has 0 spiro atoms. The van der Waals surface area contributed by atoms with Crippen LogP contribution in [0.2, 0.25) is 0 Å². The van der Waals surface area contributed by atoms with Crippen molar-refractivity contribution in [1.29, 1.82) is 0 Å². The Labute approximate surface area is 113 Å². The van der Waals surface area contributed by atoms with Crippen molar-refractivity contribution in [3.8, 4) is 0 Å². The molecule has 0 aliphatic carbocycles. The summed E-state index contributed by atoms with van der Waals surface area (Å²) in [5.41, 5.74) is 7.05. The van der Waals surface area contributed by atoms with E-state index in [9.17, 15) is 9.59 Å². The van der Waals surface area contributed by atoms with Crippen LogP contribution in [0, 0.1) is 0 Å². The number of rotatable bonds is 6. The summed E-state index contributed by atoms with van der Waals surface area (Å²) in [7, 11) is 0. The summed E-state index contributed by atoms with van der Waals surface area (Å²) in [6, 6.07) is 6.71. The lowest BCUT2D eigenvalue weighted by Crippen LogP contribution is -2.44. The van der Waals surface area contributed by atoms with Crippen LogP contribution in [0.15, 0.2) is 24.3 Å². The number of benzene rings is 1. The maximum Gasteiger partial charge on any atom is 0.251 e. The number of nitrogens with two attached hydrogens (primary N) is 1. The van der Waals surface area contributed by atoms with Gasteiger partial charge in [0.05, 0.1) is 0 Å². The summed E-state index contributed by atoms with van der Waals surface area (Å²) < 4.78 is 0. The van der Waals surface area contributed by atoms with Gasteiger partial charge >= 0.3 is 0 Å². The van der Waals surface area contributed by atoms with Gasteiger partial charge in [-0.2, -0.15) is 0 Å². The Hall–Kier alpha value is -1.88. The number of hydrogen-bond acceptors (Lipinski definition) is 3. The van der Waals surface area contributed by atoms with Gasteiger partial charge in [-0.25, -0.2) is 0 Å². The molecule has 0 radical (unpaired) electrons. The van der Waals surface area contributed by atoms with Crippen molar-refractivity contribution in [2.75, 3.05) is 13.1 Å². The molecule has 1 unspecified atom stereocenters. The third kappa shape index (κ3) is 4.71. The Morgan fingerprint density at radius 1 is 1.37 bits per heavy atom. The molecule has 0 saturated carbocycles. The molecule has 0 heterocycles. The summed E-state index contributed by atoms with van der Waals surface area (Å²) in [6.07, 6.45) is 0.729. The highest BCUT2D eigenvalue weighted by Gasteiger charge is 2.15. The zero-order valence-corrected chi connectivity index (χ0v) is 11.4. The first-order chi connectivity index (χ1) is 9.08. The van der Waals surface area contributed by atoms with Gasteiger partial charge in [-0.05, 0) is 44.5 Å². The minimum atomic E-state index is -0.550. The number of carbonyl (C=O) groups excluding carboxylic acids is 2. The molecule has 0 saturated heterocycles. The Morgan fingerprint density at radius 2 is 2.11 bits per heavy atom. The van der Waals surface area contributed by atoms with Crippen LogP contribution in [0.5, 0.6) is 0 Å². The van der Waals surface area contributed by atoms with Gasteiger partial charge in [-0.15, -0.1) is 0 Å². The molecule has 0 aliphatic heterocycles. The molecule has 1 aromatic rings. The topological polar surface area (TPSA) is 84.2 Å². The highest BCUT2D eigenvalue weighted by molar-refractivity contribution is 5.97. The van der Waals surface area contributed by atoms with Crippen molar-refractivity contribution in [2.45, 2.75) is 26.3 Å². The number of hydrogen-bond donors (Lipinski definition) is 3. The molecule has 0 fully saturated rings. The third-order valence-electron chi connectivity index (χ3n) is 2.71. The van der Waals surface area contributed by atoms with E-state index in [-0.39, 0.29) is 11.8 Å². The Balaban J connectivity index is 2.67. The number of carbonyl (C=O) groups is 2. The Kier molecular flexibility index (Phi) is 6.02. The summed E-state index contributed by atoms with van der Waals surface area (Å²) >= 11 is 0. The van der Waals surface area contributed by atoms with Crippen LogP contribution >= 0.6 is 0 Å². The van der Waals surface area contributed by atoms with Gasteiger partial charge in [0.25, 0.3) is 5.91 Å². The molecule has 1 atom stereocenters. The molecule has 2 amide bonds. The van der Waals surface area contributed by atoms with E-state index in [0.717, 1.165) is 12.0 Å². The fourth-order valence-corrected chi connectivity index (χ4v) is 1.71. The average Bonchev–Trinajstić information content (AvgIpc) is 2.39. The van der Waals surface area contributed by atoms with Gasteiger partial charge < -0.3 is 16.4 Å². The first-order valence-electron chi connectivity index (χ1n) is 6.46. The average molecular weight is 263 g/mol. The van der Waals surface area contributed by atoms with Gasteiger partial charge in [-0.3, -0.25) is 9.59 Å². The number of nitrogens with one attached hydrogen (secondary N) is 2. The Bertz CT molecular complexity index is 446. The molecule has 1 rings (SSSR count). The van der Waals surface area contributed by atoms with E-state index in [0.29, 0.717) is 18.7 Å². The second-order valence-electron chi connectivity index (χ2n) is 4.33. The molecule has 19 heavy (non-hydrogen) atoms. The van der Waals surface area contributed by atoms with Gasteiger partial charge in [0.2, 0.25) is 5.91 Å². The van der Waals surface area contributed by atoms with Crippen LogP contribution in [-0.4, -0.2) is 30.9 Å². The molecule has 104 valence electrons. The summed E-state index contributed by atoms with van der Waals surface area (Å²) in [5.74, 6) is -0.438. The van der Waals surface area contributed by atoms with E-state index in [1.807, 2.05) is 19.1 Å². The van der Waals surface area contributed by atoms with Crippen LogP contribution in [0.3, 0.4) is 0 Å². The van der Waals surface area contributed by atoms with Gasteiger partial charge in [-0.1, -0.05) is 12.1 Å². The molecule has 0 bridgehead atoms. The van der Waals surface area contributed by atoms with Crippen molar-refractivity contribution < 1.29 is 9.59 Å². The van der Waals surface area contributed by atoms with Gasteiger partial charge in [0.15, 0.2) is 0 Å². The van der Waals surface area contributed by atoms with Crippen molar-refractivity contribution >= 4 is 11.8 Å². The maximum atomic E-state index is 12.0. The first kappa shape index (κ1) is 15.2. The van der Waals surface area contributed by atoms with Crippen molar-refractivity contribution in [1.82, 2.24) is 10.6 Å². The summed E-state index contributed by atoms with van der Waals surface area (Å²) in [5, 5.41) is 5.33. The molecule has 0 aromatic heterocycles. The van der Waals surface area contributed by atoms with Crippen LogP contribution in [0.1, 0.15) is 29.8 Å². The van der Waals surface area contributed by atoms with E-state index in [2.05, 4.69) is 10.6 Å². The molecule has 5 nitrogen and oxygen atoms in total. The second kappa shape index (κ2) is 7.53. The quantitative estimate of drug-likeness (QED) is 0.696. The van der Waals surface area contributed by atoms with E-state index in [1.165, 1.54) is 0 Å². The lowest BCUT2D eigenvalue weighted by atomic mass is 10.1. The molecule has 5 heteroatoms. The summed E-state index contributed by atoms with van der Waals surface area (Å²) in [6.45, 7) is 4.58. The van der Waals surface area contributed by atoms with Crippen LogP contribution < -0.4 is 16.4 Å². The molecular weight excluding hydrogens is 242 g/mol. The number of amides is 2. The van der Waals surface area contributed by atoms with Crippen LogP contribution in [0.4, 0.5) is 0 Å². The fourth-order valence-electron chi connectivity index (χ4n) is 1.71. The zero-order chi connectivity index (χ0) is 14.3. The highest BCUT2D eigenvalue weighted by Crippen LogP contribution is 2.06. The normalized spacial score (nSPS) is 11.7. The summed E-state index contributed by atoms with van der Waals surface area (Å²) in [4.78, 5) is 23.5. The van der Waals surface area contributed by atoms with E-state index >= 15 is 0 Å². The van der Waals surface area contributed by atoms with E-state index in [1.54, 1.807) is 19.1 Å². The highest BCUT2D eigenvalue weighted by atomic mass is 16.2. The molecule has 1 aromatic carbocycles. The lowest BCUT2D eigenvalue weighted by Gasteiger charge is -2.13. The minimum absolute atomic E-state index is 0.186. The lowest BCUT2D eigenvalue weighted by molar-refractivity contribution is -0.122. The smallest absolute Gasteiger partial charge is 0.251 e. The largest absolute Gasteiger partial charge is 0.355 e. The monoisotopic (exact) mass is 263 g/mol. The molecular formula is C14H21N3O2. The predicted molar refractivity (Wildman–Crippen MR) is 74.8 cm³/mol. The second-order valence-corrected chi connectivity index (χ2v) is 4.33. The number of likely N-dealkylation sites (N-methyl/N-ethyl adjacent to an activating group) is 1. The predicted octanol–water partition coefficient (Wildman–Crippen LogP) is 0.442. The molecule has 0 aliphatic rings. The third-order valence-corrected chi connectivity index (χ3v) is 2.71. The minimum Gasteiger partial charge on any atom is -0.355 e. The van der Waals surface area contributed by atoms with Crippen molar-refractivity contribution in [3.05, 3.63) is 35.4 Å². The van der Waals surface area contributed by atoms with Crippen molar-refractivity contribution in [2.24, 2.45) is 5.73 Å². The first-order valence-corrected chi connectivity index (χ1v) is 6.46.